The lowest BCUT2D eigenvalue weighted by Gasteiger charge is -2.19. The average molecular weight is 372 g/mol. The molecule has 1 aliphatic rings. The second-order valence-corrected chi connectivity index (χ2v) is 6.90. The van der Waals surface area contributed by atoms with Gasteiger partial charge in [0.2, 0.25) is 11.8 Å². The van der Waals surface area contributed by atoms with E-state index in [1.54, 1.807) is 18.4 Å². The van der Waals surface area contributed by atoms with Crippen LogP contribution in [-0.4, -0.2) is 40.6 Å². The fourth-order valence-corrected chi connectivity index (χ4v) is 3.29. The van der Waals surface area contributed by atoms with Crippen molar-refractivity contribution in [3.8, 4) is 11.7 Å². The van der Waals surface area contributed by atoms with Gasteiger partial charge in [0.15, 0.2) is 5.76 Å². The van der Waals surface area contributed by atoms with Crippen LogP contribution in [0.4, 0.5) is 0 Å². The molecule has 2 heterocycles. The zero-order valence-corrected chi connectivity index (χ0v) is 15.9. The van der Waals surface area contributed by atoms with E-state index in [2.05, 4.69) is 28.5 Å². The zero-order chi connectivity index (χ0) is 18.9. The number of carbonyl (C=O) groups excluding carboxylic acids is 1. The van der Waals surface area contributed by atoms with Gasteiger partial charge in [0, 0.05) is 6.54 Å². The van der Waals surface area contributed by atoms with Crippen molar-refractivity contribution in [1.82, 2.24) is 20.4 Å². The lowest BCUT2D eigenvalue weighted by molar-refractivity contribution is -0.122. The zero-order valence-electron chi connectivity index (χ0n) is 15.9. The van der Waals surface area contributed by atoms with Gasteiger partial charge in [-0.15, -0.1) is 10.2 Å². The van der Waals surface area contributed by atoms with Gasteiger partial charge in [-0.05, 0) is 57.2 Å². The van der Waals surface area contributed by atoms with E-state index in [0.717, 1.165) is 19.4 Å². The molecule has 0 unspecified atom stereocenters. The second-order valence-electron chi connectivity index (χ2n) is 6.90. The number of aromatic nitrogens is 2. The fourth-order valence-electron chi connectivity index (χ4n) is 3.29. The van der Waals surface area contributed by atoms with Crippen LogP contribution >= 0.6 is 0 Å². The molecule has 7 heteroatoms. The first-order valence-electron chi connectivity index (χ1n) is 9.78. The second kappa shape index (κ2) is 10.1. The van der Waals surface area contributed by atoms with Gasteiger partial charge >= 0.3 is 0 Å². The number of nitrogens with one attached hydrogen (secondary N) is 1. The highest BCUT2D eigenvalue weighted by molar-refractivity contribution is 5.78. The first-order chi connectivity index (χ1) is 13.2. The molecule has 0 atom stereocenters. The summed E-state index contributed by atoms with van der Waals surface area (Å²) in [6, 6.07) is 3.55. The minimum atomic E-state index is 0.0330. The summed E-state index contributed by atoms with van der Waals surface area (Å²) in [6.07, 6.45) is 10.7. The molecule has 0 aromatic carbocycles. The highest BCUT2D eigenvalue weighted by atomic mass is 16.4. The molecule has 7 nitrogen and oxygen atoms in total. The Morgan fingerprint density at radius 3 is 3.00 bits per heavy atom. The molecule has 0 spiro atoms. The number of hydrogen-bond acceptors (Lipinski definition) is 6. The minimum absolute atomic E-state index is 0.0330. The first-order valence-corrected chi connectivity index (χ1v) is 9.78. The summed E-state index contributed by atoms with van der Waals surface area (Å²) in [4.78, 5) is 14.3. The van der Waals surface area contributed by atoms with Crippen molar-refractivity contribution >= 4 is 5.91 Å². The van der Waals surface area contributed by atoms with Gasteiger partial charge in [0.05, 0.1) is 19.4 Å². The molecule has 146 valence electrons. The standard InChI is InChI=1S/C20H28N4O3/c1-2-12-24(14-18(25)21-11-10-16-7-4-3-5-8-16)15-19-22-23-20(27-19)17-9-6-13-26-17/h6-7,9,13H,2-5,8,10-12,14-15H2,1H3,(H,21,25). The van der Waals surface area contributed by atoms with Crippen molar-refractivity contribution in [2.24, 2.45) is 0 Å². The SMILES string of the molecule is CCCN(CC(=O)NCCC1=CCCCC1)Cc1nnc(-c2ccco2)o1. The Morgan fingerprint density at radius 2 is 2.26 bits per heavy atom. The molecule has 3 rings (SSSR count). The van der Waals surface area contributed by atoms with Crippen molar-refractivity contribution in [3.63, 3.8) is 0 Å². The smallest absolute Gasteiger partial charge is 0.283 e. The van der Waals surface area contributed by atoms with Crippen LogP contribution in [0.5, 0.6) is 0 Å². The lowest BCUT2D eigenvalue weighted by atomic mass is 9.97. The Balaban J connectivity index is 1.46. The minimum Gasteiger partial charge on any atom is -0.459 e. The van der Waals surface area contributed by atoms with E-state index < -0.39 is 0 Å². The van der Waals surface area contributed by atoms with Gasteiger partial charge in [-0.1, -0.05) is 18.6 Å². The summed E-state index contributed by atoms with van der Waals surface area (Å²) in [5.41, 5.74) is 1.48. The van der Waals surface area contributed by atoms with Gasteiger partial charge in [-0.25, -0.2) is 0 Å². The van der Waals surface area contributed by atoms with E-state index in [4.69, 9.17) is 8.83 Å². The van der Waals surface area contributed by atoms with E-state index in [0.29, 0.717) is 37.2 Å². The summed E-state index contributed by atoms with van der Waals surface area (Å²) in [7, 11) is 0. The normalized spacial score (nSPS) is 14.4. The molecule has 27 heavy (non-hydrogen) atoms. The van der Waals surface area contributed by atoms with Crippen molar-refractivity contribution < 1.29 is 13.6 Å². The van der Waals surface area contributed by atoms with E-state index >= 15 is 0 Å². The molecule has 0 saturated carbocycles. The number of hydrogen-bond donors (Lipinski definition) is 1. The maximum Gasteiger partial charge on any atom is 0.283 e. The van der Waals surface area contributed by atoms with Crippen LogP contribution < -0.4 is 5.32 Å². The average Bonchev–Trinajstić information content (AvgIpc) is 3.34. The number of carbonyl (C=O) groups is 1. The van der Waals surface area contributed by atoms with Crippen LogP contribution in [0, 0.1) is 0 Å². The molecule has 1 N–H and O–H groups in total. The molecule has 0 saturated heterocycles. The Labute approximate surface area is 159 Å². The quantitative estimate of drug-likeness (QED) is 0.642. The van der Waals surface area contributed by atoms with Gasteiger partial charge in [0.1, 0.15) is 0 Å². The number of furan rings is 1. The third-order valence-corrected chi connectivity index (χ3v) is 4.62. The molecule has 1 amide bonds. The van der Waals surface area contributed by atoms with Gasteiger partial charge in [-0.3, -0.25) is 9.69 Å². The van der Waals surface area contributed by atoms with Crippen LogP contribution in [0.3, 0.4) is 0 Å². The van der Waals surface area contributed by atoms with Gasteiger partial charge in [-0.2, -0.15) is 0 Å². The van der Waals surface area contributed by atoms with Gasteiger partial charge in [0.25, 0.3) is 5.89 Å². The third-order valence-electron chi connectivity index (χ3n) is 4.62. The highest BCUT2D eigenvalue weighted by Gasteiger charge is 2.16. The molecule has 0 aliphatic heterocycles. The fraction of sp³-hybridized carbons (Fsp3) is 0.550. The molecule has 0 radical (unpaired) electrons. The number of nitrogens with zero attached hydrogens (tertiary/aromatic N) is 3. The van der Waals surface area contributed by atoms with Crippen molar-refractivity contribution in [2.75, 3.05) is 19.6 Å². The van der Waals surface area contributed by atoms with E-state index in [1.807, 2.05) is 4.90 Å². The predicted octanol–water partition coefficient (Wildman–Crippen LogP) is 3.55. The molecule has 2 aromatic heterocycles. The first kappa shape index (κ1) is 19.4. The van der Waals surface area contributed by atoms with Crippen LogP contribution in [0.1, 0.15) is 51.3 Å². The molecule has 0 bridgehead atoms. The molecular formula is C20H28N4O3. The Bertz CT molecular complexity index is 736. The number of rotatable bonds is 10. The Morgan fingerprint density at radius 1 is 1.33 bits per heavy atom. The summed E-state index contributed by atoms with van der Waals surface area (Å²) in [6.45, 7) is 4.35. The maximum atomic E-state index is 12.3. The predicted molar refractivity (Wildman–Crippen MR) is 102 cm³/mol. The monoisotopic (exact) mass is 372 g/mol. The third kappa shape index (κ3) is 6.06. The van der Waals surface area contributed by atoms with Crippen LogP contribution in [0.2, 0.25) is 0 Å². The van der Waals surface area contributed by atoms with Crippen molar-refractivity contribution in [2.45, 2.75) is 52.0 Å². The molecule has 1 aliphatic carbocycles. The van der Waals surface area contributed by atoms with Crippen molar-refractivity contribution in [3.05, 3.63) is 35.9 Å². The summed E-state index contributed by atoms with van der Waals surface area (Å²) >= 11 is 0. The summed E-state index contributed by atoms with van der Waals surface area (Å²) < 4.78 is 10.9. The molecule has 2 aromatic rings. The number of allylic oxidation sites excluding steroid dienone is 1. The van der Waals surface area contributed by atoms with E-state index in [-0.39, 0.29) is 5.91 Å². The summed E-state index contributed by atoms with van der Waals surface area (Å²) in [5, 5.41) is 11.1. The van der Waals surface area contributed by atoms with Crippen molar-refractivity contribution in [1.29, 1.82) is 0 Å². The topological polar surface area (TPSA) is 84.4 Å². The Kier molecular flexibility index (Phi) is 7.21. The largest absolute Gasteiger partial charge is 0.459 e. The van der Waals surface area contributed by atoms with E-state index in [9.17, 15) is 4.79 Å². The van der Waals surface area contributed by atoms with Gasteiger partial charge < -0.3 is 14.2 Å². The maximum absolute atomic E-state index is 12.3. The van der Waals surface area contributed by atoms with Crippen LogP contribution in [0.25, 0.3) is 11.7 Å². The van der Waals surface area contributed by atoms with Crippen LogP contribution in [0.15, 0.2) is 38.9 Å². The lowest BCUT2D eigenvalue weighted by Crippen LogP contribution is -2.37. The highest BCUT2D eigenvalue weighted by Crippen LogP contribution is 2.20. The van der Waals surface area contributed by atoms with E-state index in [1.165, 1.54) is 31.3 Å². The Hall–Kier alpha value is -2.41. The summed E-state index contributed by atoms with van der Waals surface area (Å²) in [5.74, 6) is 1.42. The van der Waals surface area contributed by atoms with Crippen LogP contribution in [-0.2, 0) is 11.3 Å². The number of amides is 1. The molecular weight excluding hydrogens is 344 g/mol. The molecule has 0 fully saturated rings.